The number of aromatic nitrogens is 1. The van der Waals surface area contributed by atoms with Crippen molar-refractivity contribution in [3.05, 3.63) is 95.6 Å². The number of para-hydroxylation sites is 1. The molecule has 1 aliphatic rings. The Hall–Kier alpha value is -3.51. The van der Waals surface area contributed by atoms with Crippen LogP contribution in [0.1, 0.15) is 29.7 Å². The van der Waals surface area contributed by atoms with E-state index >= 15 is 0 Å². The number of thioether (sulfide) groups is 1. The van der Waals surface area contributed by atoms with Crippen molar-refractivity contribution < 1.29 is 9.59 Å². The lowest BCUT2D eigenvalue weighted by Gasteiger charge is -2.30. The lowest BCUT2D eigenvalue weighted by molar-refractivity contribution is -0.125. The third kappa shape index (κ3) is 3.99. The summed E-state index contributed by atoms with van der Waals surface area (Å²) in [6, 6.07) is 25.1. The van der Waals surface area contributed by atoms with E-state index in [0.29, 0.717) is 6.54 Å². The van der Waals surface area contributed by atoms with Crippen LogP contribution in [0.3, 0.4) is 0 Å². The monoisotopic (exact) mass is 469 g/mol. The second-order valence-corrected chi connectivity index (χ2v) is 9.44. The molecule has 0 saturated carbocycles. The van der Waals surface area contributed by atoms with Crippen LogP contribution in [0.15, 0.2) is 83.9 Å². The van der Waals surface area contributed by atoms with Gasteiger partial charge >= 0.3 is 0 Å². The van der Waals surface area contributed by atoms with Crippen molar-refractivity contribution >= 4 is 40.2 Å². The Bertz CT molecular complexity index is 1350. The summed E-state index contributed by atoms with van der Waals surface area (Å²) >= 11 is 1.50. The van der Waals surface area contributed by atoms with Gasteiger partial charge in [0, 0.05) is 35.7 Å². The molecule has 0 bridgehead atoms. The average Bonchev–Trinajstić information content (AvgIpc) is 3.05. The zero-order valence-corrected chi connectivity index (χ0v) is 20.1. The topological polar surface area (TPSA) is 54.3 Å². The van der Waals surface area contributed by atoms with E-state index in [2.05, 4.69) is 22.9 Å². The van der Waals surface area contributed by atoms with E-state index in [1.165, 1.54) is 17.3 Å². The lowest BCUT2D eigenvalue weighted by atomic mass is 10.0. The molecule has 0 radical (unpaired) electrons. The van der Waals surface area contributed by atoms with Crippen LogP contribution in [-0.4, -0.2) is 22.1 Å². The first-order chi connectivity index (χ1) is 16.6. The summed E-state index contributed by atoms with van der Waals surface area (Å²) in [4.78, 5) is 29.0. The fourth-order valence-corrected chi connectivity index (χ4v) is 5.69. The van der Waals surface area contributed by atoms with Crippen LogP contribution in [-0.2, 0) is 29.6 Å². The molecule has 1 atom stereocenters. The number of rotatable bonds is 5. The average molecular weight is 470 g/mol. The van der Waals surface area contributed by atoms with Crippen molar-refractivity contribution in [3.63, 3.8) is 0 Å². The zero-order chi connectivity index (χ0) is 23.7. The number of nitrogens with zero attached hydrogens (tertiary/aromatic N) is 2. The third-order valence-corrected chi connectivity index (χ3v) is 7.56. The molecule has 0 aliphatic carbocycles. The van der Waals surface area contributed by atoms with Crippen LogP contribution in [0.2, 0.25) is 0 Å². The van der Waals surface area contributed by atoms with Crippen LogP contribution in [0.4, 0.5) is 5.69 Å². The number of carbonyl (C=O) groups is 2. The van der Waals surface area contributed by atoms with E-state index in [1.54, 1.807) is 4.90 Å². The number of nitrogens with one attached hydrogen (secondary N) is 1. The Labute approximate surface area is 203 Å². The molecule has 5 nitrogen and oxygen atoms in total. The van der Waals surface area contributed by atoms with E-state index < -0.39 is 6.04 Å². The Morgan fingerprint density at radius 1 is 0.971 bits per heavy atom. The standard InChI is InChI=1S/C28H27N3O2S/c1-3-19-13-15-21(16-14-19)31-24(32)18-34-28-25(22-11-7-8-12-23(22)30(28)2)26(31)27(33)29-17-20-9-5-4-6-10-20/h4-16,26H,3,17-18H2,1-2H3,(H,29,33). The smallest absolute Gasteiger partial charge is 0.248 e. The Balaban J connectivity index is 1.64. The van der Waals surface area contributed by atoms with Crippen molar-refractivity contribution in [2.45, 2.75) is 31.0 Å². The van der Waals surface area contributed by atoms with Gasteiger partial charge < -0.3 is 9.88 Å². The minimum absolute atomic E-state index is 0.0746. The van der Waals surface area contributed by atoms with E-state index in [4.69, 9.17) is 0 Å². The molecule has 0 saturated heterocycles. The van der Waals surface area contributed by atoms with Crippen LogP contribution in [0.5, 0.6) is 0 Å². The molecule has 1 aliphatic heterocycles. The van der Waals surface area contributed by atoms with Crippen LogP contribution >= 0.6 is 11.8 Å². The van der Waals surface area contributed by atoms with Gasteiger partial charge in [-0.1, -0.05) is 79.3 Å². The molecule has 0 fully saturated rings. The number of aryl methyl sites for hydroxylation is 2. The number of hydrogen-bond acceptors (Lipinski definition) is 3. The quantitative estimate of drug-likeness (QED) is 0.435. The highest BCUT2D eigenvalue weighted by Gasteiger charge is 2.39. The maximum absolute atomic E-state index is 13.9. The molecule has 1 aromatic heterocycles. The van der Waals surface area contributed by atoms with Crippen LogP contribution in [0.25, 0.3) is 10.9 Å². The molecule has 2 amide bonds. The summed E-state index contributed by atoms with van der Waals surface area (Å²) in [6.07, 6.45) is 0.915. The van der Waals surface area contributed by atoms with Crippen molar-refractivity contribution in [3.8, 4) is 0 Å². The molecule has 5 rings (SSSR count). The Kier molecular flexibility index (Phi) is 6.16. The summed E-state index contributed by atoms with van der Waals surface area (Å²) < 4.78 is 2.10. The second kappa shape index (κ2) is 9.39. The van der Waals surface area contributed by atoms with Crippen molar-refractivity contribution in [2.24, 2.45) is 7.05 Å². The van der Waals surface area contributed by atoms with Crippen molar-refractivity contribution in [1.82, 2.24) is 9.88 Å². The van der Waals surface area contributed by atoms with Gasteiger partial charge in [-0.3, -0.25) is 14.5 Å². The molecule has 2 heterocycles. The molecule has 34 heavy (non-hydrogen) atoms. The van der Waals surface area contributed by atoms with Gasteiger partial charge in [-0.25, -0.2) is 0 Å². The minimum atomic E-state index is -0.764. The summed E-state index contributed by atoms with van der Waals surface area (Å²) in [5.41, 5.74) is 4.89. The van der Waals surface area contributed by atoms with Crippen LogP contribution < -0.4 is 10.2 Å². The molecule has 4 aromatic rings. The van der Waals surface area contributed by atoms with Gasteiger partial charge in [0.2, 0.25) is 11.8 Å². The van der Waals surface area contributed by atoms with E-state index in [0.717, 1.165) is 39.2 Å². The molecule has 172 valence electrons. The van der Waals surface area contributed by atoms with Gasteiger partial charge in [-0.2, -0.15) is 0 Å². The first kappa shape index (κ1) is 22.3. The van der Waals surface area contributed by atoms with Gasteiger partial charge in [0.05, 0.1) is 10.8 Å². The summed E-state index contributed by atoms with van der Waals surface area (Å²) in [5, 5.41) is 5.06. The fourth-order valence-electron chi connectivity index (χ4n) is 4.63. The SMILES string of the molecule is CCc1ccc(N2C(=O)CSc3c(c4ccccc4n3C)C2C(=O)NCc2ccccc2)cc1. The Morgan fingerprint density at radius 2 is 1.68 bits per heavy atom. The van der Waals surface area contributed by atoms with Gasteiger partial charge in [0.25, 0.3) is 0 Å². The molecule has 1 unspecified atom stereocenters. The fraction of sp³-hybridized carbons (Fsp3) is 0.214. The van der Waals surface area contributed by atoms with Gasteiger partial charge in [0.15, 0.2) is 0 Å². The molecule has 6 heteroatoms. The molecule has 1 N–H and O–H groups in total. The third-order valence-electron chi connectivity index (χ3n) is 6.40. The maximum atomic E-state index is 13.9. The van der Waals surface area contributed by atoms with E-state index in [-0.39, 0.29) is 17.6 Å². The molecular formula is C28H27N3O2S. The largest absolute Gasteiger partial charge is 0.350 e. The predicted octanol–water partition coefficient (Wildman–Crippen LogP) is 5.24. The van der Waals surface area contributed by atoms with E-state index in [1.807, 2.05) is 79.8 Å². The number of anilines is 1. The highest BCUT2D eigenvalue weighted by molar-refractivity contribution is 8.00. The van der Waals surface area contributed by atoms with Gasteiger partial charge in [-0.15, -0.1) is 0 Å². The minimum Gasteiger partial charge on any atom is -0.350 e. The summed E-state index contributed by atoms with van der Waals surface area (Å²) in [6.45, 7) is 2.51. The van der Waals surface area contributed by atoms with E-state index in [9.17, 15) is 9.59 Å². The number of fused-ring (bicyclic) bond motifs is 3. The highest BCUT2D eigenvalue weighted by Crippen LogP contribution is 2.43. The van der Waals surface area contributed by atoms with Crippen molar-refractivity contribution in [2.75, 3.05) is 10.7 Å². The first-order valence-electron chi connectivity index (χ1n) is 11.5. The molecule has 0 spiro atoms. The Morgan fingerprint density at radius 3 is 2.41 bits per heavy atom. The number of hydrogen-bond donors (Lipinski definition) is 1. The highest BCUT2D eigenvalue weighted by atomic mass is 32.2. The van der Waals surface area contributed by atoms with Crippen molar-refractivity contribution in [1.29, 1.82) is 0 Å². The lowest BCUT2D eigenvalue weighted by Crippen LogP contribution is -2.43. The summed E-state index contributed by atoms with van der Waals surface area (Å²) in [7, 11) is 2.00. The number of amides is 2. The van der Waals surface area contributed by atoms with Gasteiger partial charge in [-0.05, 0) is 35.7 Å². The molecular weight excluding hydrogens is 442 g/mol. The normalized spacial score (nSPS) is 15.8. The summed E-state index contributed by atoms with van der Waals surface area (Å²) in [5.74, 6) is 0.0149. The first-order valence-corrected chi connectivity index (χ1v) is 12.5. The molecule has 3 aromatic carbocycles. The second-order valence-electron chi connectivity index (χ2n) is 8.47. The predicted molar refractivity (Wildman–Crippen MR) is 138 cm³/mol. The number of carbonyl (C=O) groups excluding carboxylic acids is 2. The van der Waals surface area contributed by atoms with Gasteiger partial charge in [0.1, 0.15) is 6.04 Å². The maximum Gasteiger partial charge on any atom is 0.248 e. The van der Waals surface area contributed by atoms with Crippen LogP contribution in [0, 0.1) is 0 Å². The zero-order valence-electron chi connectivity index (χ0n) is 19.3. The number of benzene rings is 3.